The van der Waals surface area contributed by atoms with Gasteiger partial charge in [-0.25, -0.2) is 23.1 Å². The van der Waals surface area contributed by atoms with E-state index >= 15 is 0 Å². The van der Waals surface area contributed by atoms with Crippen molar-refractivity contribution in [3.8, 4) is 0 Å². The van der Waals surface area contributed by atoms with E-state index in [4.69, 9.17) is 11.6 Å². The molecule has 3 heterocycles. The molecule has 4 rings (SSSR count). The second-order valence-electron chi connectivity index (χ2n) is 6.39. The van der Waals surface area contributed by atoms with Gasteiger partial charge in [0.25, 0.3) is 0 Å². The average molecular weight is 392 g/mol. The summed E-state index contributed by atoms with van der Waals surface area (Å²) >= 11 is 5.88. The lowest BCUT2D eigenvalue weighted by Crippen LogP contribution is -2.39. The second kappa shape index (κ2) is 6.61. The summed E-state index contributed by atoms with van der Waals surface area (Å²) in [6.07, 6.45) is 4.91. The van der Waals surface area contributed by atoms with Crippen LogP contribution in [0.3, 0.4) is 0 Å². The van der Waals surface area contributed by atoms with E-state index in [1.165, 1.54) is 4.31 Å². The van der Waals surface area contributed by atoms with Crippen LogP contribution in [0.4, 0.5) is 0 Å². The maximum Gasteiger partial charge on any atom is 0.243 e. The molecular weight excluding hydrogens is 374 g/mol. The van der Waals surface area contributed by atoms with Crippen molar-refractivity contribution in [1.82, 2.24) is 24.1 Å². The largest absolute Gasteiger partial charge is 0.249 e. The van der Waals surface area contributed by atoms with Gasteiger partial charge in [-0.05, 0) is 37.1 Å². The highest BCUT2D eigenvalue weighted by Crippen LogP contribution is 2.32. The van der Waals surface area contributed by atoms with E-state index in [9.17, 15) is 8.42 Å². The highest BCUT2D eigenvalue weighted by molar-refractivity contribution is 7.89. The zero-order chi connectivity index (χ0) is 18.3. The molecule has 1 aromatic carbocycles. The molecule has 1 aliphatic rings. The summed E-state index contributed by atoms with van der Waals surface area (Å²) in [6.45, 7) is 0.881. The first-order chi connectivity index (χ1) is 12.5. The Morgan fingerprint density at radius 3 is 2.65 bits per heavy atom. The molecule has 1 aliphatic heterocycles. The van der Waals surface area contributed by atoms with Gasteiger partial charge in [0.1, 0.15) is 5.52 Å². The first kappa shape index (κ1) is 17.4. The lowest BCUT2D eigenvalue weighted by molar-refractivity contribution is 0.312. The molecule has 1 saturated heterocycles. The SMILES string of the molecule is Cn1nc([C@H]2CCCN(S(=O)(=O)c3ccc(Cl)cc3)C2)c2nccnc21. The molecule has 136 valence electrons. The van der Waals surface area contributed by atoms with Crippen LogP contribution in [0.25, 0.3) is 11.2 Å². The number of sulfonamides is 1. The fraction of sp³-hybridized carbons (Fsp3) is 0.353. The van der Waals surface area contributed by atoms with Crippen LogP contribution in [0.5, 0.6) is 0 Å². The van der Waals surface area contributed by atoms with Crippen LogP contribution in [0.2, 0.25) is 5.02 Å². The van der Waals surface area contributed by atoms with Gasteiger partial charge < -0.3 is 0 Å². The number of aryl methyl sites for hydroxylation is 1. The molecule has 3 aromatic rings. The highest BCUT2D eigenvalue weighted by atomic mass is 35.5. The molecule has 2 aromatic heterocycles. The van der Waals surface area contributed by atoms with Gasteiger partial charge in [0.15, 0.2) is 5.65 Å². The molecule has 0 saturated carbocycles. The summed E-state index contributed by atoms with van der Waals surface area (Å²) in [5.41, 5.74) is 2.26. The zero-order valence-electron chi connectivity index (χ0n) is 14.2. The van der Waals surface area contributed by atoms with E-state index in [0.29, 0.717) is 23.8 Å². The van der Waals surface area contributed by atoms with Crippen molar-refractivity contribution >= 4 is 32.8 Å². The number of fused-ring (bicyclic) bond motifs is 1. The maximum atomic E-state index is 13.0. The van der Waals surface area contributed by atoms with Gasteiger partial charge in [0.05, 0.1) is 10.6 Å². The van der Waals surface area contributed by atoms with Crippen LogP contribution in [-0.2, 0) is 17.1 Å². The molecule has 1 fully saturated rings. The van der Waals surface area contributed by atoms with E-state index in [1.54, 1.807) is 41.3 Å². The molecule has 0 spiro atoms. The third kappa shape index (κ3) is 2.98. The minimum Gasteiger partial charge on any atom is -0.249 e. The van der Waals surface area contributed by atoms with Gasteiger partial charge in [-0.2, -0.15) is 9.40 Å². The number of hydrogen-bond acceptors (Lipinski definition) is 5. The predicted molar refractivity (Wildman–Crippen MR) is 98.5 cm³/mol. The van der Waals surface area contributed by atoms with Crippen molar-refractivity contribution in [2.24, 2.45) is 7.05 Å². The number of benzene rings is 1. The summed E-state index contributed by atoms with van der Waals surface area (Å²) in [7, 11) is -1.74. The van der Waals surface area contributed by atoms with E-state index in [-0.39, 0.29) is 10.8 Å². The predicted octanol–water partition coefficient (Wildman–Crippen LogP) is 2.59. The van der Waals surface area contributed by atoms with Crippen LogP contribution >= 0.6 is 11.6 Å². The second-order valence-corrected chi connectivity index (χ2v) is 8.77. The third-order valence-corrected chi connectivity index (χ3v) is 6.84. The summed E-state index contributed by atoms with van der Waals surface area (Å²) < 4.78 is 29.2. The van der Waals surface area contributed by atoms with Crippen LogP contribution in [-0.4, -0.2) is 45.6 Å². The lowest BCUT2D eigenvalue weighted by atomic mass is 9.96. The molecule has 26 heavy (non-hydrogen) atoms. The Bertz CT molecular complexity index is 1050. The molecule has 0 bridgehead atoms. The Balaban J connectivity index is 1.66. The van der Waals surface area contributed by atoms with Crippen molar-refractivity contribution in [2.75, 3.05) is 13.1 Å². The van der Waals surface area contributed by atoms with Crippen molar-refractivity contribution in [2.45, 2.75) is 23.7 Å². The normalized spacial score (nSPS) is 19.1. The molecular formula is C17H18ClN5O2S. The summed E-state index contributed by atoms with van der Waals surface area (Å²) in [4.78, 5) is 8.97. The lowest BCUT2D eigenvalue weighted by Gasteiger charge is -2.31. The van der Waals surface area contributed by atoms with Crippen molar-refractivity contribution in [3.63, 3.8) is 0 Å². The Hall–Kier alpha value is -2.03. The number of halogens is 1. The molecule has 0 radical (unpaired) electrons. The average Bonchev–Trinajstić information content (AvgIpc) is 2.99. The van der Waals surface area contributed by atoms with E-state index < -0.39 is 10.0 Å². The standard InChI is InChI=1S/C17H18ClN5O2S/c1-22-17-16(19-8-9-20-17)15(21-22)12-3-2-10-23(11-12)26(24,25)14-6-4-13(18)5-7-14/h4-9,12H,2-3,10-11H2,1H3/t12-/m0/s1. The Labute approximate surface area is 156 Å². The number of rotatable bonds is 3. The minimum absolute atomic E-state index is 0.00812. The molecule has 0 aliphatic carbocycles. The molecule has 0 N–H and O–H groups in total. The van der Waals surface area contributed by atoms with Crippen LogP contribution < -0.4 is 0 Å². The summed E-state index contributed by atoms with van der Waals surface area (Å²) in [5.74, 6) is -0.00812. The van der Waals surface area contributed by atoms with Gasteiger partial charge in [-0.15, -0.1) is 0 Å². The number of nitrogens with zero attached hydrogens (tertiary/aromatic N) is 5. The molecule has 1 atom stereocenters. The fourth-order valence-corrected chi connectivity index (χ4v) is 5.07. The topological polar surface area (TPSA) is 81.0 Å². The number of piperidine rings is 1. The first-order valence-electron chi connectivity index (χ1n) is 8.36. The Kier molecular flexibility index (Phi) is 4.42. The molecule has 7 nitrogen and oxygen atoms in total. The van der Waals surface area contributed by atoms with Crippen molar-refractivity contribution < 1.29 is 8.42 Å². The Morgan fingerprint density at radius 1 is 1.15 bits per heavy atom. The van der Waals surface area contributed by atoms with Crippen LogP contribution in [0, 0.1) is 0 Å². The third-order valence-electron chi connectivity index (χ3n) is 4.71. The molecule has 0 unspecified atom stereocenters. The van der Waals surface area contributed by atoms with Crippen molar-refractivity contribution in [1.29, 1.82) is 0 Å². The van der Waals surface area contributed by atoms with E-state index in [1.807, 2.05) is 7.05 Å². The smallest absolute Gasteiger partial charge is 0.243 e. The summed E-state index contributed by atoms with van der Waals surface area (Å²) in [5, 5.41) is 5.08. The Morgan fingerprint density at radius 2 is 1.88 bits per heavy atom. The number of hydrogen-bond donors (Lipinski definition) is 0. The minimum atomic E-state index is -3.56. The monoisotopic (exact) mass is 391 g/mol. The first-order valence-corrected chi connectivity index (χ1v) is 10.2. The zero-order valence-corrected chi connectivity index (χ0v) is 15.8. The van der Waals surface area contributed by atoms with Crippen LogP contribution in [0.15, 0.2) is 41.6 Å². The summed E-state index contributed by atoms with van der Waals surface area (Å²) in [6, 6.07) is 6.28. The van der Waals surface area contributed by atoms with Gasteiger partial charge in [-0.3, -0.25) is 0 Å². The van der Waals surface area contributed by atoms with Crippen LogP contribution in [0.1, 0.15) is 24.5 Å². The molecule has 9 heteroatoms. The fourth-order valence-electron chi connectivity index (χ4n) is 3.42. The number of aromatic nitrogens is 4. The highest BCUT2D eigenvalue weighted by Gasteiger charge is 2.33. The van der Waals surface area contributed by atoms with E-state index in [2.05, 4.69) is 15.1 Å². The van der Waals surface area contributed by atoms with Gasteiger partial charge in [-0.1, -0.05) is 11.6 Å². The van der Waals surface area contributed by atoms with Crippen molar-refractivity contribution in [3.05, 3.63) is 47.4 Å². The van der Waals surface area contributed by atoms with Gasteiger partial charge in [0, 0.05) is 43.5 Å². The quantitative estimate of drug-likeness (QED) is 0.685. The maximum absolute atomic E-state index is 13.0. The van der Waals surface area contributed by atoms with E-state index in [0.717, 1.165) is 24.1 Å². The molecule has 0 amide bonds. The van der Waals surface area contributed by atoms with Gasteiger partial charge >= 0.3 is 0 Å². The van der Waals surface area contributed by atoms with Gasteiger partial charge in [0.2, 0.25) is 10.0 Å².